The molecule has 158 valence electrons. The number of rotatable bonds is 14. The van der Waals surface area contributed by atoms with Crippen LogP contribution in [0.5, 0.6) is 0 Å². The van der Waals surface area contributed by atoms with E-state index >= 15 is 0 Å². The molecule has 0 aromatic heterocycles. The molecule has 3 N–H and O–H groups in total. The minimum absolute atomic E-state index is 0.168. The van der Waals surface area contributed by atoms with Crippen LogP contribution in [0.2, 0.25) is 0 Å². The van der Waals surface area contributed by atoms with E-state index in [4.69, 9.17) is 9.47 Å². The molecule has 0 radical (unpaired) electrons. The first-order chi connectivity index (χ1) is 13.3. The first kappa shape index (κ1) is 23.7. The van der Waals surface area contributed by atoms with Crippen molar-refractivity contribution in [2.45, 2.75) is 58.3 Å². The summed E-state index contributed by atoms with van der Waals surface area (Å²) in [5.41, 5.74) is 0. The highest BCUT2D eigenvalue weighted by Gasteiger charge is 2.16. The van der Waals surface area contributed by atoms with E-state index in [1.54, 1.807) is 7.05 Å². The van der Waals surface area contributed by atoms with Crippen molar-refractivity contribution in [2.75, 3.05) is 53.1 Å². The zero-order valence-corrected chi connectivity index (χ0v) is 17.4. The highest BCUT2D eigenvalue weighted by Crippen LogP contribution is 2.25. The van der Waals surface area contributed by atoms with Crippen LogP contribution < -0.4 is 16.0 Å². The summed E-state index contributed by atoms with van der Waals surface area (Å²) in [5, 5.41) is 9.38. The molecule has 1 fully saturated rings. The molecule has 27 heavy (non-hydrogen) atoms. The monoisotopic (exact) mass is 384 g/mol. The normalized spacial score (nSPS) is 15.6. The van der Waals surface area contributed by atoms with Gasteiger partial charge in [-0.15, -0.1) is 0 Å². The molecule has 1 aliphatic carbocycles. The van der Waals surface area contributed by atoms with Crippen molar-refractivity contribution in [1.29, 1.82) is 0 Å². The molecule has 0 aromatic carbocycles. The van der Waals surface area contributed by atoms with Gasteiger partial charge in [0.1, 0.15) is 0 Å². The average Bonchev–Trinajstić information content (AvgIpc) is 2.69. The summed E-state index contributed by atoms with van der Waals surface area (Å²) in [6, 6.07) is 0. The summed E-state index contributed by atoms with van der Waals surface area (Å²) in [7, 11) is 1.74. The van der Waals surface area contributed by atoms with Gasteiger partial charge in [0.2, 0.25) is 5.91 Å². The Labute approximate surface area is 165 Å². The Bertz CT molecular complexity index is 399. The van der Waals surface area contributed by atoms with Crippen LogP contribution >= 0.6 is 0 Å². The zero-order chi connectivity index (χ0) is 19.6. The predicted molar refractivity (Wildman–Crippen MR) is 110 cm³/mol. The third-order valence-electron chi connectivity index (χ3n) is 4.72. The fraction of sp³-hybridized carbons (Fsp3) is 0.900. The maximum Gasteiger partial charge on any atom is 0.220 e. The Morgan fingerprint density at radius 2 is 1.59 bits per heavy atom. The van der Waals surface area contributed by atoms with Gasteiger partial charge in [-0.25, -0.2) is 0 Å². The minimum atomic E-state index is 0.168. The van der Waals surface area contributed by atoms with Gasteiger partial charge in [-0.3, -0.25) is 9.79 Å². The first-order valence-electron chi connectivity index (χ1n) is 10.6. The van der Waals surface area contributed by atoms with Gasteiger partial charge in [-0.2, -0.15) is 0 Å². The smallest absolute Gasteiger partial charge is 0.220 e. The van der Waals surface area contributed by atoms with E-state index in [0.29, 0.717) is 51.8 Å². The van der Waals surface area contributed by atoms with Crippen molar-refractivity contribution in [3.8, 4) is 0 Å². The SMILES string of the molecule is CCCCOCCOCCNC(=NC)NCCNC(=O)CC1CCCCC1. The van der Waals surface area contributed by atoms with Crippen LogP contribution in [0, 0.1) is 5.92 Å². The molecule has 0 heterocycles. The second-order valence-electron chi connectivity index (χ2n) is 7.06. The average molecular weight is 385 g/mol. The van der Waals surface area contributed by atoms with Crippen LogP contribution in [-0.2, 0) is 14.3 Å². The molecule has 0 spiro atoms. The van der Waals surface area contributed by atoms with Crippen molar-refractivity contribution in [1.82, 2.24) is 16.0 Å². The number of guanidine groups is 1. The topological polar surface area (TPSA) is 84.0 Å². The van der Waals surface area contributed by atoms with Crippen LogP contribution in [0.4, 0.5) is 0 Å². The van der Waals surface area contributed by atoms with E-state index in [1.165, 1.54) is 32.1 Å². The summed E-state index contributed by atoms with van der Waals surface area (Å²) in [5.74, 6) is 1.47. The number of aliphatic imine (C=N–C) groups is 1. The van der Waals surface area contributed by atoms with E-state index in [0.717, 1.165) is 25.4 Å². The molecular weight excluding hydrogens is 344 g/mol. The lowest BCUT2D eigenvalue weighted by Crippen LogP contribution is -2.42. The fourth-order valence-corrected chi connectivity index (χ4v) is 3.14. The maximum atomic E-state index is 12.0. The lowest BCUT2D eigenvalue weighted by molar-refractivity contribution is -0.122. The Hall–Kier alpha value is -1.34. The Morgan fingerprint density at radius 3 is 2.30 bits per heavy atom. The van der Waals surface area contributed by atoms with Crippen LogP contribution in [0.15, 0.2) is 4.99 Å². The Morgan fingerprint density at radius 1 is 0.926 bits per heavy atom. The van der Waals surface area contributed by atoms with E-state index < -0.39 is 0 Å². The van der Waals surface area contributed by atoms with Gasteiger partial charge in [0.05, 0.1) is 19.8 Å². The predicted octanol–water partition coefficient (Wildman–Crippen LogP) is 2.07. The summed E-state index contributed by atoms with van der Waals surface area (Å²) >= 11 is 0. The fourth-order valence-electron chi connectivity index (χ4n) is 3.14. The van der Waals surface area contributed by atoms with Crippen LogP contribution in [0.1, 0.15) is 58.3 Å². The van der Waals surface area contributed by atoms with Crippen LogP contribution in [-0.4, -0.2) is 65.0 Å². The lowest BCUT2D eigenvalue weighted by Gasteiger charge is -2.20. The van der Waals surface area contributed by atoms with Crippen LogP contribution in [0.3, 0.4) is 0 Å². The number of hydrogen-bond donors (Lipinski definition) is 3. The molecule has 0 aromatic rings. The van der Waals surface area contributed by atoms with Crippen LogP contribution in [0.25, 0.3) is 0 Å². The van der Waals surface area contributed by atoms with Gasteiger partial charge < -0.3 is 25.4 Å². The second kappa shape index (κ2) is 16.8. The van der Waals surface area contributed by atoms with Gasteiger partial charge >= 0.3 is 0 Å². The third-order valence-corrected chi connectivity index (χ3v) is 4.72. The molecule has 1 amide bonds. The summed E-state index contributed by atoms with van der Waals surface area (Å²) < 4.78 is 11.0. The molecule has 7 heteroatoms. The van der Waals surface area contributed by atoms with Crippen molar-refractivity contribution < 1.29 is 14.3 Å². The number of nitrogens with one attached hydrogen (secondary N) is 3. The molecule has 7 nitrogen and oxygen atoms in total. The third kappa shape index (κ3) is 13.5. The highest BCUT2D eigenvalue weighted by atomic mass is 16.5. The summed E-state index contributed by atoms with van der Waals surface area (Å²) in [6.07, 6.45) is 9.21. The van der Waals surface area contributed by atoms with Gasteiger partial charge in [-0.05, 0) is 25.2 Å². The van der Waals surface area contributed by atoms with E-state index in [9.17, 15) is 4.79 Å². The largest absolute Gasteiger partial charge is 0.379 e. The summed E-state index contributed by atoms with van der Waals surface area (Å²) in [4.78, 5) is 16.1. The molecule has 1 rings (SSSR count). The first-order valence-corrected chi connectivity index (χ1v) is 10.6. The van der Waals surface area contributed by atoms with E-state index in [-0.39, 0.29) is 5.91 Å². The number of unbranched alkanes of at least 4 members (excludes halogenated alkanes) is 1. The Balaban J connectivity index is 1.94. The van der Waals surface area contributed by atoms with Gasteiger partial charge in [0, 0.05) is 39.7 Å². The van der Waals surface area contributed by atoms with Crippen molar-refractivity contribution in [3.05, 3.63) is 0 Å². The number of nitrogens with zero attached hydrogens (tertiary/aromatic N) is 1. The standard InChI is InChI=1S/C20H40N4O3/c1-3-4-13-26-15-16-27-14-12-24-20(21-2)23-11-10-22-19(25)17-18-8-6-5-7-9-18/h18H,3-17H2,1-2H3,(H,22,25)(H2,21,23,24). The number of carbonyl (C=O) groups is 1. The quantitative estimate of drug-likeness (QED) is 0.243. The van der Waals surface area contributed by atoms with Crippen molar-refractivity contribution in [2.24, 2.45) is 10.9 Å². The van der Waals surface area contributed by atoms with Crippen molar-refractivity contribution >= 4 is 11.9 Å². The maximum absolute atomic E-state index is 12.0. The van der Waals surface area contributed by atoms with Gasteiger partial charge in [0.25, 0.3) is 0 Å². The Kier molecular flexibility index (Phi) is 14.8. The molecule has 1 saturated carbocycles. The molecule has 0 saturated heterocycles. The number of amides is 1. The number of carbonyl (C=O) groups excluding carboxylic acids is 1. The zero-order valence-electron chi connectivity index (χ0n) is 17.4. The number of ether oxygens (including phenoxy) is 2. The second-order valence-corrected chi connectivity index (χ2v) is 7.06. The molecule has 1 aliphatic rings. The minimum Gasteiger partial charge on any atom is -0.379 e. The highest BCUT2D eigenvalue weighted by molar-refractivity contribution is 5.79. The molecule has 0 bridgehead atoms. The molecule has 0 atom stereocenters. The van der Waals surface area contributed by atoms with Gasteiger partial charge in [-0.1, -0.05) is 32.6 Å². The van der Waals surface area contributed by atoms with Crippen molar-refractivity contribution in [3.63, 3.8) is 0 Å². The molecule has 0 unspecified atom stereocenters. The van der Waals surface area contributed by atoms with E-state index in [2.05, 4.69) is 27.9 Å². The van der Waals surface area contributed by atoms with E-state index in [1.807, 2.05) is 0 Å². The summed E-state index contributed by atoms with van der Waals surface area (Å²) in [6.45, 7) is 6.78. The number of hydrogen-bond acceptors (Lipinski definition) is 4. The van der Waals surface area contributed by atoms with Gasteiger partial charge in [0.15, 0.2) is 5.96 Å². The lowest BCUT2D eigenvalue weighted by atomic mass is 9.87. The molecule has 0 aliphatic heterocycles. The molecular formula is C20H40N4O3.